The number of hydrogen-bond acceptors (Lipinski definition) is 3. The predicted octanol–water partition coefficient (Wildman–Crippen LogP) is 1.39. The maximum atomic E-state index is 11.9. The summed E-state index contributed by atoms with van der Waals surface area (Å²) in [5.41, 5.74) is 0.573. The Labute approximate surface area is 148 Å². The summed E-state index contributed by atoms with van der Waals surface area (Å²) in [6, 6.07) is 7.03. The number of benzene rings is 1. The zero-order valence-electron chi connectivity index (χ0n) is 12.9. The molecule has 1 aromatic rings. The van der Waals surface area contributed by atoms with Gasteiger partial charge in [-0.15, -0.1) is 30.6 Å². The SMILES string of the molecule is C=CCNC(=NC)NCCNC(=O)c1cccc(OC)c1.I. The van der Waals surface area contributed by atoms with Gasteiger partial charge in [-0.1, -0.05) is 12.1 Å². The van der Waals surface area contributed by atoms with Crippen LogP contribution in [-0.4, -0.2) is 45.7 Å². The van der Waals surface area contributed by atoms with Crippen molar-refractivity contribution in [2.24, 2.45) is 4.99 Å². The van der Waals surface area contributed by atoms with E-state index in [-0.39, 0.29) is 29.9 Å². The molecular formula is C15H23IN4O2. The van der Waals surface area contributed by atoms with Gasteiger partial charge < -0.3 is 20.7 Å². The minimum atomic E-state index is -0.135. The highest BCUT2D eigenvalue weighted by molar-refractivity contribution is 14.0. The van der Waals surface area contributed by atoms with E-state index >= 15 is 0 Å². The monoisotopic (exact) mass is 418 g/mol. The molecule has 0 saturated heterocycles. The van der Waals surface area contributed by atoms with E-state index in [0.29, 0.717) is 36.9 Å². The predicted molar refractivity (Wildman–Crippen MR) is 100 cm³/mol. The molecular weight excluding hydrogens is 395 g/mol. The van der Waals surface area contributed by atoms with Crippen LogP contribution >= 0.6 is 24.0 Å². The molecule has 6 nitrogen and oxygen atoms in total. The van der Waals surface area contributed by atoms with Gasteiger partial charge in [0.15, 0.2) is 5.96 Å². The zero-order valence-corrected chi connectivity index (χ0v) is 15.2. The fraction of sp³-hybridized carbons (Fsp3) is 0.333. The van der Waals surface area contributed by atoms with Crippen molar-refractivity contribution >= 4 is 35.8 Å². The number of halogens is 1. The number of nitrogens with one attached hydrogen (secondary N) is 3. The first-order valence-corrected chi connectivity index (χ1v) is 6.69. The van der Waals surface area contributed by atoms with Crippen LogP contribution in [0.25, 0.3) is 0 Å². The van der Waals surface area contributed by atoms with Crippen LogP contribution in [0, 0.1) is 0 Å². The lowest BCUT2D eigenvalue weighted by Gasteiger charge is -2.11. The molecule has 3 N–H and O–H groups in total. The van der Waals surface area contributed by atoms with E-state index in [9.17, 15) is 4.79 Å². The van der Waals surface area contributed by atoms with Crippen LogP contribution < -0.4 is 20.7 Å². The number of rotatable bonds is 7. The molecule has 0 radical (unpaired) electrons. The minimum absolute atomic E-state index is 0. The van der Waals surface area contributed by atoms with Crippen molar-refractivity contribution in [3.63, 3.8) is 0 Å². The van der Waals surface area contributed by atoms with Crippen LogP contribution in [0.3, 0.4) is 0 Å². The summed E-state index contributed by atoms with van der Waals surface area (Å²) in [4.78, 5) is 16.0. The van der Waals surface area contributed by atoms with E-state index in [1.807, 2.05) is 0 Å². The zero-order chi connectivity index (χ0) is 15.5. The van der Waals surface area contributed by atoms with E-state index in [4.69, 9.17) is 4.74 Å². The maximum Gasteiger partial charge on any atom is 0.251 e. The van der Waals surface area contributed by atoms with Gasteiger partial charge >= 0.3 is 0 Å². The van der Waals surface area contributed by atoms with Crippen molar-refractivity contribution in [2.45, 2.75) is 0 Å². The Kier molecular flexibility index (Phi) is 10.9. The van der Waals surface area contributed by atoms with Crippen molar-refractivity contribution in [1.82, 2.24) is 16.0 Å². The average molecular weight is 418 g/mol. The largest absolute Gasteiger partial charge is 0.497 e. The van der Waals surface area contributed by atoms with Crippen LogP contribution in [0.1, 0.15) is 10.4 Å². The Morgan fingerprint density at radius 2 is 2.05 bits per heavy atom. The van der Waals surface area contributed by atoms with Crippen molar-refractivity contribution in [1.29, 1.82) is 0 Å². The molecule has 1 amide bonds. The van der Waals surface area contributed by atoms with Gasteiger partial charge in [-0.3, -0.25) is 9.79 Å². The molecule has 0 spiro atoms. The van der Waals surface area contributed by atoms with Gasteiger partial charge in [0.2, 0.25) is 0 Å². The quantitative estimate of drug-likeness (QED) is 0.206. The van der Waals surface area contributed by atoms with Crippen molar-refractivity contribution < 1.29 is 9.53 Å². The first-order chi connectivity index (χ1) is 10.2. The minimum Gasteiger partial charge on any atom is -0.497 e. The summed E-state index contributed by atoms with van der Waals surface area (Å²) in [6.45, 7) is 5.32. The van der Waals surface area contributed by atoms with E-state index in [1.165, 1.54) is 0 Å². The molecule has 0 saturated carbocycles. The van der Waals surface area contributed by atoms with Crippen molar-refractivity contribution in [2.75, 3.05) is 33.8 Å². The second kappa shape index (κ2) is 11.8. The number of ether oxygens (including phenoxy) is 1. The first-order valence-electron chi connectivity index (χ1n) is 6.69. The van der Waals surface area contributed by atoms with Gasteiger partial charge in [-0.2, -0.15) is 0 Å². The Balaban J connectivity index is 0.00000441. The Hall–Kier alpha value is -1.77. The van der Waals surface area contributed by atoms with E-state index in [1.54, 1.807) is 44.5 Å². The van der Waals surface area contributed by atoms with Crippen LogP contribution in [0.5, 0.6) is 5.75 Å². The Morgan fingerprint density at radius 1 is 1.32 bits per heavy atom. The lowest BCUT2D eigenvalue weighted by atomic mass is 10.2. The number of aliphatic imine (C=N–C) groups is 1. The Morgan fingerprint density at radius 3 is 2.68 bits per heavy atom. The molecule has 1 aromatic carbocycles. The average Bonchev–Trinajstić information content (AvgIpc) is 2.54. The van der Waals surface area contributed by atoms with Crippen molar-refractivity contribution in [3.8, 4) is 5.75 Å². The molecule has 0 unspecified atom stereocenters. The van der Waals surface area contributed by atoms with E-state index in [2.05, 4.69) is 27.5 Å². The smallest absolute Gasteiger partial charge is 0.251 e. The highest BCUT2D eigenvalue weighted by Crippen LogP contribution is 2.11. The molecule has 0 aliphatic rings. The number of methoxy groups -OCH3 is 1. The van der Waals surface area contributed by atoms with Gasteiger partial charge in [-0.25, -0.2) is 0 Å². The highest BCUT2D eigenvalue weighted by atomic mass is 127. The van der Waals surface area contributed by atoms with Crippen molar-refractivity contribution in [3.05, 3.63) is 42.5 Å². The Bertz CT molecular complexity index is 506. The normalized spacial score (nSPS) is 10.2. The number of carbonyl (C=O) groups is 1. The summed E-state index contributed by atoms with van der Waals surface area (Å²) in [5, 5.41) is 8.96. The summed E-state index contributed by atoms with van der Waals surface area (Å²) < 4.78 is 5.09. The third-order valence-corrected chi connectivity index (χ3v) is 2.67. The summed E-state index contributed by atoms with van der Waals surface area (Å²) >= 11 is 0. The molecule has 1 rings (SSSR count). The molecule has 0 fully saturated rings. The molecule has 0 atom stereocenters. The third-order valence-electron chi connectivity index (χ3n) is 2.67. The fourth-order valence-electron chi connectivity index (χ4n) is 1.61. The molecule has 122 valence electrons. The molecule has 0 aliphatic carbocycles. The lowest BCUT2D eigenvalue weighted by Crippen LogP contribution is -2.41. The molecule has 0 aliphatic heterocycles. The van der Waals surface area contributed by atoms with Gasteiger partial charge in [0.05, 0.1) is 7.11 Å². The highest BCUT2D eigenvalue weighted by Gasteiger charge is 2.05. The topological polar surface area (TPSA) is 74.8 Å². The van der Waals surface area contributed by atoms with E-state index < -0.39 is 0 Å². The van der Waals surface area contributed by atoms with Crippen LogP contribution in [-0.2, 0) is 0 Å². The number of guanidine groups is 1. The van der Waals surface area contributed by atoms with Gasteiger partial charge in [-0.05, 0) is 18.2 Å². The second-order valence-corrected chi connectivity index (χ2v) is 4.16. The van der Waals surface area contributed by atoms with Gasteiger partial charge in [0.25, 0.3) is 5.91 Å². The number of amides is 1. The molecule has 22 heavy (non-hydrogen) atoms. The third kappa shape index (κ3) is 7.30. The van der Waals surface area contributed by atoms with Crippen LogP contribution in [0.4, 0.5) is 0 Å². The maximum absolute atomic E-state index is 11.9. The van der Waals surface area contributed by atoms with Crippen LogP contribution in [0.15, 0.2) is 41.9 Å². The summed E-state index contributed by atoms with van der Waals surface area (Å²) in [7, 11) is 3.26. The number of hydrogen-bond donors (Lipinski definition) is 3. The lowest BCUT2D eigenvalue weighted by molar-refractivity contribution is 0.0954. The van der Waals surface area contributed by atoms with Crippen LogP contribution in [0.2, 0.25) is 0 Å². The fourth-order valence-corrected chi connectivity index (χ4v) is 1.61. The number of carbonyl (C=O) groups excluding carboxylic acids is 1. The molecule has 0 bridgehead atoms. The number of nitrogens with zero attached hydrogens (tertiary/aromatic N) is 1. The molecule has 7 heteroatoms. The standard InChI is InChI=1S/C15H22N4O2.HI/c1-4-8-18-15(16-2)19-10-9-17-14(20)12-6-5-7-13(11-12)21-3;/h4-7,11H,1,8-10H2,2-3H3,(H,17,20)(H2,16,18,19);1H. The first kappa shape index (κ1) is 20.2. The summed E-state index contributed by atoms with van der Waals surface area (Å²) in [6.07, 6.45) is 1.75. The van der Waals surface area contributed by atoms with E-state index in [0.717, 1.165) is 0 Å². The second-order valence-electron chi connectivity index (χ2n) is 4.16. The summed E-state index contributed by atoms with van der Waals surface area (Å²) in [5.74, 6) is 1.20. The van der Waals surface area contributed by atoms with Gasteiger partial charge in [0, 0.05) is 32.2 Å². The van der Waals surface area contributed by atoms with Gasteiger partial charge in [0.1, 0.15) is 5.75 Å². The molecule has 0 heterocycles. The molecule has 0 aromatic heterocycles.